The molecule has 2 atom stereocenters. The Labute approximate surface area is 347 Å². The second kappa shape index (κ2) is 27.9. The second-order valence-corrected chi connectivity index (χ2v) is 13.9. The van der Waals surface area contributed by atoms with Crippen LogP contribution in [-0.4, -0.2) is 137 Å². The first kappa shape index (κ1) is 47.0. The lowest BCUT2D eigenvalue weighted by Crippen LogP contribution is -2.43. The lowest BCUT2D eigenvalue weighted by Gasteiger charge is -2.39. The Morgan fingerprint density at radius 1 is 0.655 bits per heavy atom. The Hall–Kier alpha value is -3.67. The number of nitrogens with two attached hydrogens (primary N) is 1. The Balaban J connectivity index is 1.01. The van der Waals surface area contributed by atoms with Crippen LogP contribution < -0.4 is 21.3 Å². The molecule has 320 valence electrons. The van der Waals surface area contributed by atoms with Gasteiger partial charge in [-0.25, -0.2) is 0 Å². The molecule has 58 heavy (non-hydrogen) atoms. The summed E-state index contributed by atoms with van der Waals surface area (Å²) in [5.41, 5.74) is 10.8. The van der Waals surface area contributed by atoms with Crippen LogP contribution in [0.25, 0.3) is 11.1 Å². The maximum Gasteiger partial charge on any atom is 0.251 e. The Morgan fingerprint density at radius 3 is 1.60 bits per heavy atom. The molecule has 0 saturated heterocycles. The van der Waals surface area contributed by atoms with E-state index in [0.29, 0.717) is 129 Å². The molecule has 3 aromatic carbocycles. The molecular formula is C43H61ClN4O10. The molecule has 4 N–H and O–H groups in total. The van der Waals surface area contributed by atoms with Crippen molar-refractivity contribution < 1.29 is 47.5 Å². The number of amides is 2. The van der Waals surface area contributed by atoms with Crippen LogP contribution in [0.5, 0.6) is 0 Å². The summed E-state index contributed by atoms with van der Waals surface area (Å²) in [6.45, 7) is 12.3. The van der Waals surface area contributed by atoms with Crippen molar-refractivity contribution in [2.24, 2.45) is 5.73 Å². The van der Waals surface area contributed by atoms with Crippen LogP contribution in [-0.2, 0) is 42.7 Å². The van der Waals surface area contributed by atoms with Gasteiger partial charge in [0, 0.05) is 48.0 Å². The first-order valence-electron chi connectivity index (χ1n) is 20.0. The van der Waals surface area contributed by atoms with Crippen LogP contribution in [0.1, 0.15) is 42.2 Å². The molecule has 0 saturated carbocycles. The fourth-order valence-electron chi connectivity index (χ4n) is 6.29. The topological polar surface area (TPSA) is 161 Å². The third-order valence-electron chi connectivity index (χ3n) is 9.08. The number of hydrogen-bond acceptors (Lipinski definition) is 12. The Morgan fingerprint density at radius 2 is 1.12 bits per heavy atom. The van der Waals surface area contributed by atoms with Gasteiger partial charge in [0.1, 0.15) is 0 Å². The molecule has 0 aromatic heterocycles. The van der Waals surface area contributed by atoms with E-state index in [1.54, 1.807) is 6.92 Å². The molecule has 0 spiro atoms. The van der Waals surface area contributed by atoms with E-state index < -0.39 is 0 Å². The van der Waals surface area contributed by atoms with Gasteiger partial charge in [-0.3, -0.25) is 9.59 Å². The van der Waals surface area contributed by atoms with Crippen molar-refractivity contribution in [3.05, 3.63) is 82.9 Å². The van der Waals surface area contributed by atoms with Crippen molar-refractivity contribution in [1.82, 2.24) is 5.32 Å². The van der Waals surface area contributed by atoms with Crippen molar-refractivity contribution in [1.29, 1.82) is 0 Å². The van der Waals surface area contributed by atoms with E-state index in [9.17, 15) is 9.59 Å². The van der Waals surface area contributed by atoms with Gasteiger partial charge in [0.05, 0.1) is 112 Å². The van der Waals surface area contributed by atoms with Gasteiger partial charge in [-0.05, 0) is 78.6 Å². The number of carbonyl (C=O) groups is 2. The van der Waals surface area contributed by atoms with Gasteiger partial charge < -0.3 is 59.2 Å². The minimum absolute atomic E-state index is 0.00322. The van der Waals surface area contributed by atoms with E-state index in [4.69, 9.17) is 55.2 Å². The summed E-state index contributed by atoms with van der Waals surface area (Å²) < 4.78 is 43.7. The molecule has 1 aliphatic rings. The molecule has 3 aromatic rings. The number of hydrogen-bond donors (Lipinski definition) is 3. The standard InChI is InChI=1S/C43H61ClN4O10/c1-33-31-41(47-39-10-8-38(44)9-11-39)40-32-37(7-12-42(40)48(33)34(2)49)35-3-5-36(6-4-35)43(50)46-14-16-52-18-20-54-22-24-56-26-28-58-30-29-57-27-25-55-23-21-53-19-17-51-15-13-45/h3-12,32-33,41,47H,13-31,45H2,1-2H3,(H,46,50)/t33-,41+/m0/s1. The number of nitrogens with one attached hydrogen (secondary N) is 2. The van der Waals surface area contributed by atoms with Gasteiger partial charge in [-0.2, -0.15) is 0 Å². The molecular weight excluding hydrogens is 768 g/mol. The van der Waals surface area contributed by atoms with Gasteiger partial charge >= 0.3 is 0 Å². The minimum atomic E-state index is -0.173. The van der Waals surface area contributed by atoms with Gasteiger partial charge in [-0.15, -0.1) is 0 Å². The summed E-state index contributed by atoms with van der Waals surface area (Å²) in [4.78, 5) is 27.3. The molecule has 4 rings (SSSR count). The summed E-state index contributed by atoms with van der Waals surface area (Å²) in [5.74, 6) is -0.162. The monoisotopic (exact) mass is 828 g/mol. The fourth-order valence-corrected chi connectivity index (χ4v) is 6.41. The summed E-state index contributed by atoms with van der Waals surface area (Å²) in [6.07, 6.45) is 0.753. The van der Waals surface area contributed by atoms with Crippen LogP contribution in [0, 0.1) is 0 Å². The zero-order valence-electron chi connectivity index (χ0n) is 33.9. The number of anilines is 2. The highest BCUT2D eigenvalue weighted by Crippen LogP contribution is 2.41. The van der Waals surface area contributed by atoms with E-state index in [-0.39, 0.29) is 23.9 Å². The first-order valence-corrected chi connectivity index (χ1v) is 20.4. The molecule has 15 heteroatoms. The predicted octanol–water partition coefficient (Wildman–Crippen LogP) is 5.13. The van der Waals surface area contributed by atoms with Gasteiger partial charge in [0.2, 0.25) is 5.91 Å². The number of fused-ring (bicyclic) bond motifs is 1. The largest absolute Gasteiger partial charge is 0.378 e. The maximum absolute atomic E-state index is 12.8. The van der Waals surface area contributed by atoms with Crippen LogP contribution in [0.4, 0.5) is 11.4 Å². The molecule has 0 aliphatic carbocycles. The van der Waals surface area contributed by atoms with E-state index in [1.807, 2.05) is 65.6 Å². The molecule has 1 heterocycles. The van der Waals surface area contributed by atoms with Crippen molar-refractivity contribution in [3.8, 4) is 11.1 Å². The van der Waals surface area contributed by atoms with Gasteiger partial charge in [0.25, 0.3) is 5.91 Å². The summed E-state index contributed by atoms with van der Waals surface area (Å²) in [5, 5.41) is 7.22. The highest BCUT2D eigenvalue weighted by Gasteiger charge is 2.32. The molecule has 2 amide bonds. The third kappa shape index (κ3) is 17.3. The summed E-state index contributed by atoms with van der Waals surface area (Å²) in [6, 6.07) is 21.3. The average Bonchev–Trinajstić information content (AvgIpc) is 3.22. The number of halogens is 1. The van der Waals surface area contributed by atoms with Gasteiger partial charge in [-0.1, -0.05) is 29.8 Å². The fraction of sp³-hybridized carbons (Fsp3) is 0.535. The van der Waals surface area contributed by atoms with Crippen molar-refractivity contribution in [3.63, 3.8) is 0 Å². The van der Waals surface area contributed by atoms with Crippen LogP contribution in [0.15, 0.2) is 66.7 Å². The number of nitrogens with zero attached hydrogens (tertiary/aromatic N) is 1. The van der Waals surface area contributed by atoms with Crippen LogP contribution in [0.2, 0.25) is 5.02 Å². The summed E-state index contributed by atoms with van der Waals surface area (Å²) in [7, 11) is 0. The lowest BCUT2D eigenvalue weighted by atomic mass is 9.88. The Bertz CT molecular complexity index is 1600. The van der Waals surface area contributed by atoms with Crippen LogP contribution >= 0.6 is 11.6 Å². The van der Waals surface area contributed by atoms with E-state index in [2.05, 4.69) is 23.6 Å². The quantitative estimate of drug-likeness (QED) is 0.0762. The van der Waals surface area contributed by atoms with E-state index >= 15 is 0 Å². The van der Waals surface area contributed by atoms with Crippen LogP contribution in [0.3, 0.4) is 0 Å². The smallest absolute Gasteiger partial charge is 0.251 e. The zero-order valence-corrected chi connectivity index (χ0v) is 34.7. The highest BCUT2D eigenvalue weighted by molar-refractivity contribution is 6.30. The number of rotatable bonds is 30. The SMILES string of the molecule is CC(=O)N1c2ccc(-c3ccc(C(=O)NCCOCCOCCOCCOCCOCCOCCOCCOCCN)cc3)cc2[C@H](Nc2ccc(Cl)cc2)C[C@@H]1C. The minimum Gasteiger partial charge on any atom is -0.378 e. The number of carbonyl (C=O) groups excluding carboxylic acids is 2. The summed E-state index contributed by atoms with van der Waals surface area (Å²) >= 11 is 6.11. The maximum atomic E-state index is 12.8. The molecule has 0 bridgehead atoms. The zero-order chi connectivity index (χ0) is 41.2. The van der Waals surface area contributed by atoms with E-state index in [1.165, 1.54) is 0 Å². The van der Waals surface area contributed by atoms with Crippen molar-refractivity contribution >= 4 is 34.8 Å². The molecule has 0 unspecified atom stereocenters. The molecule has 0 fully saturated rings. The normalized spacial score (nSPS) is 15.0. The number of ether oxygens (including phenoxy) is 8. The third-order valence-corrected chi connectivity index (χ3v) is 9.34. The lowest BCUT2D eigenvalue weighted by molar-refractivity contribution is -0.117. The second-order valence-electron chi connectivity index (χ2n) is 13.5. The number of benzene rings is 3. The van der Waals surface area contributed by atoms with Gasteiger partial charge in [0.15, 0.2) is 0 Å². The van der Waals surface area contributed by atoms with E-state index in [0.717, 1.165) is 34.5 Å². The Kier molecular flexibility index (Phi) is 22.6. The molecule has 0 radical (unpaired) electrons. The first-order chi connectivity index (χ1) is 28.4. The molecule has 14 nitrogen and oxygen atoms in total. The highest BCUT2D eigenvalue weighted by atomic mass is 35.5. The average molecular weight is 829 g/mol. The van der Waals surface area contributed by atoms with Crippen molar-refractivity contribution in [2.75, 3.05) is 129 Å². The molecule has 1 aliphatic heterocycles. The van der Waals surface area contributed by atoms with Crippen molar-refractivity contribution in [2.45, 2.75) is 32.4 Å². The predicted molar refractivity (Wildman–Crippen MR) is 225 cm³/mol.